The monoisotopic (exact) mass is 274 g/mol. The molecule has 112 valence electrons. The van der Waals surface area contributed by atoms with Crippen LogP contribution in [0.1, 0.15) is 50.8 Å². The molecule has 1 aliphatic heterocycles. The summed E-state index contributed by atoms with van der Waals surface area (Å²) in [6.45, 7) is 12.9. The highest BCUT2D eigenvalue weighted by Crippen LogP contribution is 2.23. The third kappa shape index (κ3) is 3.83. The Labute approximate surface area is 124 Å². The second-order valence-electron chi connectivity index (χ2n) is 6.33. The third-order valence-corrected chi connectivity index (χ3v) is 4.86. The van der Waals surface area contributed by atoms with E-state index in [1.807, 2.05) is 0 Å². The topological polar surface area (TPSA) is 15.3 Å². The van der Waals surface area contributed by atoms with Gasteiger partial charge in [0.1, 0.15) is 0 Å². The number of hydrogen-bond donors (Lipinski definition) is 1. The molecule has 1 saturated heterocycles. The highest BCUT2D eigenvalue weighted by Gasteiger charge is 2.25. The van der Waals surface area contributed by atoms with Crippen LogP contribution in [-0.4, -0.2) is 30.6 Å². The molecule has 1 fully saturated rings. The predicted molar refractivity (Wildman–Crippen MR) is 87.0 cm³/mol. The van der Waals surface area contributed by atoms with Crippen LogP contribution in [0.3, 0.4) is 0 Å². The summed E-state index contributed by atoms with van der Waals surface area (Å²) in [6.07, 6.45) is 2.72. The lowest BCUT2D eigenvalue weighted by Gasteiger charge is -2.36. The zero-order valence-electron chi connectivity index (χ0n) is 13.5. The van der Waals surface area contributed by atoms with Crippen molar-refractivity contribution in [1.82, 2.24) is 10.2 Å². The molecule has 2 heteroatoms. The lowest BCUT2D eigenvalue weighted by atomic mass is 9.90. The van der Waals surface area contributed by atoms with Gasteiger partial charge in [-0.05, 0) is 63.7 Å². The maximum atomic E-state index is 3.82. The number of rotatable bonds is 5. The normalized spacial score (nSPS) is 23.5. The van der Waals surface area contributed by atoms with Crippen LogP contribution in [0.15, 0.2) is 24.3 Å². The fourth-order valence-corrected chi connectivity index (χ4v) is 3.48. The van der Waals surface area contributed by atoms with Gasteiger partial charge in [-0.25, -0.2) is 0 Å². The van der Waals surface area contributed by atoms with Gasteiger partial charge in [-0.1, -0.05) is 31.2 Å². The van der Waals surface area contributed by atoms with E-state index in [4.69, 9.17) is 0 Å². The van der Waals surface area contributed by atoms with E-state index in [1.165, 1.54) is 43.6 Å². The molecule has 0 amide bonds. The Hall–Kier alpha value is -0.860. The summed E-state index contributed by atoms with van der Waals surface area (Å²) >= 11 is 0. The number of nitrogens with one attached hydrogen (secondary N) is 1. The van der Waals surface area contributed by atoms with Gasteiger partial charge in [0, 0.05) is 18.6 Å². The molecule has 1 heterocycles. The van der Waals surface area contributed by atoms with Crippen LogP contribution in [0, 0.1) is 12.8 Å². The first-order chi connectivity index (χ1) is 9.61. The molecule has 0 spiro atoms. The Kier molecular flexibility index (Phi) is 5.62. The van der Waals surface area contributed by atoms with Gasteiger partial charge in [0.05, 0.1) is 0 Å². The largest absolute Gasteiger partial charge is 0.307 e. The minimum Gasteiger partial charge on any atom is -0.307 e. The van der Waals surface area contributed by atoms with E-state index in [0.717, 1.165) is 5.92 Å². The molecule has 0 bridgehead atoms. The van der Waals surface area contributed by atoms with Crippen molar-refractivity contribution >= 4 is 0 Å². The minimum absolute atomic E-state index is 0.434. The Balaban J connectivity index is 1.93. The van der Waals surface area contributed by atoms with Gasteiger partial charge in [-0.15, -0.1) is 0 Å². The quantitative estimate of drug-likeness (QED) is 0.879. The first-order valence-corrected chi connectivity index (χ1v) is 8.15. The maximum Gasteiger partial charge on any atom is 0.0296 e. The molecule has 3 unspecified atom stereocenters. The van der Waals surface area contributed by atoms with Crippen LogP contribution < -0.4 is 5.32 Å². The van der Waals surface area contributed by atoms with Gasteiger partial charge in [0.2, 0.25) is 0 Å². The van der Waals surface area contributed by atoms with Crippen molar-refractivity contribution in [2.24, 2.45) is 5.92 Å². The van der Waals surface area contributed by atoms with Crippen LogP contribution >= 0.6 is 0 Å². The molecule has 0 radical (unpaired) electrons. The molecule has 0 saturated carbocycles. The third-order valence-electron chi connectivity index (χ3n) is 4.86. The molecule has 1 aromatic rings. The number of likely N-dealkylation sites (tertiary alicyclic amines) is 1. The Morgan fingerprint density at radius 2 is 2.05 bits per heavy atom. The average Bonchev–Trinajstić information content (AvgIpc) is 2.47. The number of benzene rings is 1. The fourth-order valence-electron chi connectivity index (χ4n) is 3.48. The summed E-state index contributed by atoms with van der Waals surface area (Å²) < 4.78 is 0. The molecule has 1 aliphatic rings. The van der Waals surface area contributed by atoms with Crippen LogP contribution in [0.5, 0.6) is 0 Å². The zero-order chi connectivity index (χ0) is 14.5. The average molecular weight is 274 g/mol. The summed E-state index contributed by atoms with van der Waals surface area (Å²) in [5, 5.41) is 3.82. The van der Waals surface area contributed by atoms with Crippen molar-refractivity contribution in [2.45, 2.75) is 52.6 Å². The van der Waals surface area contributed by atoms with Crippen molar-refractivity contribution in [2.75, 3.05) is 19.6 Å². The molecule has 20 heavy (non-hydrogen) atoms. The second kappa shape index (κ2) is 7.24. The first-order valence-electron chi connectivity index (χ1n) is 8.15. The Bertz CT molecular complexity index is 416. The van der Waals surface area contributed by atoms with Crippen molar-refractivity contribution in [3.63, 3.8) is 0 Å². The molecule has 3 atom stereocenters. The van der Waals surface area contributed by atoms with Crippen LogP contribution in [-0.2, 0) is 0 Å². The number of nitrogens with zero attached hydrogens (tertiary/aromatic N) is 1. The summed E-state index contributed by atoms with van der Waals surface area (Å²) in [4.78, 5) is 2.59. The van der Waals surface area contributed by atoms with Gasteiger partial charge in [-0.2, -0.15) is 0 Å². The summed E-state index contributed by atoms with van der Waals surface area (Å²) in [5.41, 5.74) is 2.82. The van der Waals surface area contributed by atoms with Gasteiger partial charge in [0.25, 0.3) is 0 Å². The Morgan fingerprint density at radius 1 is 1.30 bits per heavy atom. The lowest BCUT2D eigenvalue weighted by molar-refractivity contribution is 0.153. The summed E-state index contributed by atoms with van der Waals surface area (Å²) in [5.74, 6) is 0.787. The number of piperidine rings is 1. The fraction of sp³-hybridized carbons (Fsp3) is 0.667. The molecule has 1 aromatic carbocycles. The number of aryl methyl sites for hydroxylation is 1. The lowest BCUT2D eigenvalue weighted by Crippen LogP contribution is -2.45. The van der Waals surface area contributed by atoms with Gasteiger partial charge < -0.3 is 10.2 Å². The molecule has 2 rings (SSSR count). The maximum absolute atomic E-state index is 3.82. The predicted octanol–water partition coefficient (Wildman–Crippen LogP) is 3.77. The molecular weight excluding hydrogens is 244 g/mol. The van der Waals surface area contributed by atoms with E-state index in [9.17, 15) is 0 Å². The zero-order valence-corrected chi connectivity index (χ0v) is 13.5. The van der Waals surface area contributed by atoms with Gasteiger partial charge in [0.15, 0.2) is 0 Å². The van der Waals surface area contributed by atoms with Crippen molar-refractivity contribution in [3.8, 4) is 0 Å². The standard InChI is InChI=1S/C18H30N2/c1-5-20-12-8-10-17(13-20)15(3)19-16(4)18-11-7-6-9-14(18)2/h6-7,9,11,15-17,19H,5,8,10,12-13H2,1-4H3. The molecule has 0 aromatic heterocycles. The smallest absolute Gasteiger partial charge is 0.0296 e. The van der Waals surface area contributed by atoms with Gasteiger partial charge >= 0.3 is 0 Å². The highest BCUT2D eigenvalue weighted by atomic mass is 15.1. The highest BCUT2D eigenvalue weighted by molar-refractivity contribution is 5.28. The van der Waals surface area contributed by atoms with Crippen LogP contribution in [0.4, 0.5) is 0 Å². The molecule has 1 N–H and O–H groups in total. The van der Waals surface area contributed by atoms with E-state index in [1.54, 1.807) is 0 Å². The first kappa shape index (κ1) is 15.5. The molecule has 2 nitrogen and oxygen atoms in total. The SMILES string of the molecule is CCN1CCCC(C(C)NC(C)c2ccccc2C)C1. The van der Waals surface area contributed by atoms with E-state index >= 15 is 0 Å². The second-order valence-corrected chi connectivity index (χ2v) is 6.33. The van der Waals surface area contributed by atoms with Crippen LogP contribution in [0.25, 0.3) is 0 Å². The van der Waals surface area contributed by atoms with E-state index in [-0.39, 0.29) is 0 Å². The molecule has 0 aliphatic carbocycles. The Morgan fingerprint density at radius 3 is 2.75 bits per heavy atom. The van der Waals surface area contributed by atoms with Gasteiger partial charge in [-0.3, -0.25) is 0 Å². The van der Waals surface area contributed by atoms with Crippen LogP contribution in [0.2, 0.25) is 0 Å². The summed E-state index contributed by atoms with van der Waals surface area (Å²) in [6, 6.07) is 9.73. The summed E-state index contributed by atoms with van der Waals surface area (Å²) in [7, 11) is 0. The minimum atomic E-state index is 0.434. The molecular formula is C18H30N2. The van der Waals surface area contributed by atoms with Crippen molar-refractivity contribution < 1.29 is 0 Å². The van der Waals surface area contributed by atoms with E-state index < -0.39 is 0 Å². The van der Waals surface area contributed by atoms with Crippen molar-refractivity contribution in [3.05, 3.63) is 35.4 Å². The number of hydrogen-bond acceptors (Lipinski definition) is 2. The van der Waals surface area contributed by atoms with E-state index in [2.05, 4.69) is 62.2 Å². The van der Waals surface area contributed by atoms with E-state index in [0.29, 0.717) is 12.1 Å². The van der Waals surface area contributed by atoms with Crippen molar-refractivity contribution in [1.29, 1.82) is 0 Å².